The molecule has 0 unspecified atom stereocenters. The Morgan fingerprint density at radius 2 is 2.50 bits per heavy atom. The summed E-state index contributed by atoms with van der Waals surface area (Å²) in [5.74, 6) is 2.45. The maximum absolute atomic E-state index is 4.95. The molecule has 1 heteroatoms. The zero-order valence-electron chi connectivity index (χ0n) is 4.78. The molecule has 0 aliphatic carbocycles. The normalized spacial score (nSPS) is 6.88. The molecule has 1 N–H and O–H groups in total. The lowest BCUT2D eigenvalue weighted by Gasteiger charge is -1.88. The van der Waals surface area contributed by atoms with Gasteiger partial charge in [-0.2, -0.15) is 0 Å². The van der Waals surface area contributed by atoms with Gasteiger partial charge < -0.3 is 5.32 Å². The summed E-state index contributed by atoms with van der Waals surface area (Å²) in [4.78, 5) is 0. The van der Waals surface area contributed by atoms with E-state index in [4.69, 9.17) is 6.42 Å². The van der Waals surface area contributed by atoms with Gasteiger partial charge in [0, 0.05) is 6.54 Å². The summed E-state index contributed by atoms with van der Waals surface area (Å²) in [5, 5.41) is 2.94. The molecular formula is C7H9N. The molecule has 0 saturated carbocycles. The van der Waals surface area contributed by atoms with Gasteiger partial charge in [0.05, 0.1) is 6.54 Å². The van der Waals surface area contributed by atoms with E-state index in [1.54, 1.807) is 6.08 Å². The molecule has 0 saturated heterocycles. The summed E-state index contributed by atoms with van der Waals surface area (Å²) in [6.07, 6.45) is 6.74. The van der Waals surface area contributed by atoms with Crippen molar-refractivity contribution in [2.45, 2.75) is 0 Å². The highest BCUT2D eigenvalue weighted by Crippen LogP contribution is 1.59. The third-order valence-electron chi connectivity index (χ3n) is 0.618. The number of terminal acetylenes is 1. The van der Waals surface area contributed by atoms with Gasteiger partial charge >= 0.3 is 0 Å². The fraction of sp³-hybridized carbons (Fsp3) is 0.286. The van der Waals surface area contributed by atoms with Gasteiger partial charge in [-0.3, -0.25) is 0 Å². The molecular weight excluding hydrogens is 98.1 g/mol. The summed E-state index contributed by atoms with van der Waals surface area (Å²) in [5.41, 5.74) is 2.62. The Hall–Kier alpha value is -0.960. The molecule has 42 valence electrons. The Kier molecular flexibility index (Phi) is 5.32. The molecule has 1 nitrogen and oxygen atoms in total. The van der Waals surface area contributed by atoms with Gasteiger partial charge in [-0.15, -0.1) is 12.2 Å². The minimum Gasteiger partial charge on any atom is -0.302 e. The lowest BCUT2D eigenvalue weighted by molar-refractivity contribution is 0.858. The highest BCUT2D eigenvalue weighted by atomic mass is 14.8. The Morgan fingerprint density at radius 3 is 3.00 bits per heavy atom. The Bertz CT molecular complexity index is 124. The predicted molar refractivity (Wildman–Crippen MR) is 35.4 cm³/mol. The van der Waals surface area contributed by atoms with Crippen molar-refractivity contribution in [3.63, 3.8) is 0 Å². The smallest absolute Gasteiger partial charge is 0.0576 e. The van der Waals surface area contributed by atoms with Gasteiger partial charge in [0.2, 0.25) is 0 Å². The van der Waals surface area contributed by atoms with Gasteiger partial charge in [0.25, 0.3) is 0 Å². The van der Waals surface area contributed by atoms with E-state index in [2.05, 4.69) is 23.5 Å². The number of hydrogen-bond acceptors (Lipinski definition) is 1. The largest absolute Gasteiger partial charge is 0.302 e. The minimum absolute atomic E-state index is 0.609. The first-order chi connectivity index (χ1) is 3.91. The highest BCUT2D eigenvalue weighted by Gasteiger charge is 1.71. The van der Waals surface area contributed by atoms with E-state index in [1.165, 1.54) is 0 Å². The van der Waals surface area contributed by atoms with Crippen molar-refractivity contribution in [3.8, 4) is 12.3 Å². The third-order valence-corrected chi connectivity index (χ3v) is 0.618. The second kappa shape index (κ2) is 6.04. The molecule has 0 aromatic rings. The van der Waals surface area contributed by atoms with Crippen molar-refractivity contribution in [1.29, 1.82) is 0 Å². The Labute approximate surface area is 50.1 Å². The molecule has 0 bridgehead atoms. The van der Waals surface area contributed by atoms with Crippen LogP contribution in [0.1, 0.15) is 0 Å². The molecule has 0 atom stereocenters. The fourth-order valence-corrected chi connectivity index (χ4v) is 0.289. The topological polar surface area (TPSA) is 12.0 Å². The van der Waals surface area contributed by atoms with Gasteiger partial charge in [-0.05, 0) is 6.08 Å². The predicted octanol–water partition coefficient (Wildman–Crippen LogP) is 0.550. The summed E-state index contributed by atoms with van der Waals surface area (Å²) >= 11 is 0. The van der Waals surface area contributed by atoms with Crippen LogP contribution in [0.4, 0.5) is 0 Å². The van der Waals surface area contributed by atoms with Crippen LogP contribution in [-0.2, 0) is 0 Å². The molecule has 0 aromatic carbocycles. The van der Waals surface area contributed by atoms with Crippen molar-refractivity contribution in [2.75, 3.05) is 13.1 Å². The molecule has 0 radical (unpaired) electrons. The van der Waals surface area contributed by atoms with Crippen molar-refractivity contribution in [1.82, 2.24) is 5.32 Å². The van der Waals surface area contributed by atoms with Crippen molar-refractivity contribution in [3.05, 3.63) is 18.4 Å². The van der Waals surface area contributed by atoms with E-state index in [0.29, 0.717) is 6.54 Å². The number of nitrogens with one attached hydrogen (secondary N) is 1. The van der Waals surface area contributed by atoms with Gasteiger partial charge in [0.15, 0.2) is 0 Å². The van der Waals surface area contributed by atoms with Crippen LogP contribution < -0.4 is 5.32 Å². The highest BCUT2D eigenvalue weighted by molar-refractivity contribution is 4.88. The van der Waals surface area contributed by atoms with Gasteiger partial charge in [0.1, 0.15) is 0 Å². The van der Waals surface area contributed by atoms with Crippen LogP contribution in [-0.4, -0.2) is 13.1 Å². The minimum atomic E-state index is 0.609. The lowest BCUT2D eigenvalue weighted by Crippen LogP contribution is -2.12. The Morgan fingerprint density at radius 1 is 1.75 bits per heavy atom. The first kappa shape index (κ1) is 7.04. The van der Waals surface area contributed by atoms with Gasteiger partial charge in [-0.1, -0.05) is 12.5 Å². The van der Waals surface area contributed by atoms with Crippen molar-refractivity contribution >= 4 is 0 Å². The average Bonchev–Trinajstić information content (AvgIpc) is 1.81. The van der Waals surface area contributed by atoms with E-state index in [0.717, 1.165) is 6.54 Å². The molecule has 8 heavy (non-hydrogen) atoms. The van der Waals surface area contributed by atoms with Crippen LogP contribution >= 0.6 is 0 Å². The standard InChI is InChI=1S/C7H9N/c1-3-5-7-8-6-4-2/h2,5,8H,1,6-7H2. The molecule has 0 aliphatic heterocycles. The third kappa shape index (κ3) is 5.04. The number of hydrogen-bond donors (Lipinski definition) is 1. The van der Waals surface area contributed by atoms with Crippen molar-refractivity contribution in [2.24, 2.45) is 0 Å². The van der Waals surface area contributed by atoms with E-state index in [1.807, 2.05) is 0 Å². The van der Waals surface area contributed by atoms with Crippen LogP contribution in [0.5, 0.6) is 0 Å². The summed E-state index contributed by atoms with van der Waals surface area (Å²) in [7, 11) is 0. The molecule has 0 rings (SSSR count). The Balaban J connectivity index is 2.96. The molecule has 0 spiro atoms. The van der Waals surface area contributed by atoms with E-state index in [9.17, 15) is 0 Å². The monoisotopic (exact) mass is 107 g/mol. The maximum atomic E-state index is 4.95. The second-order valence-electron chi connectivity index (χ2n) is 1.24. The molecule has 0 aliphatic rings. The van der Waals surface area contributed by atoms with Gasteiger partial charge in [-0.25, -0.2) is 0 Å². The zero-order valence-corrected chi connectivity index (χ0v) is 4.78. The van der Waals surface area contributed by atoms with Crippen LogP contribution in [0, 0.1) is 12.3 Å². The quantitative estimate of drug-likeness (QED) is 0.315. The summed E-state index contributed by atoms with van der Waals surface area (Å²) in [6, 6.07) is 0. The molecule has 0 fully saturated rings. The zero-order chi connectivity index (χ0) is 6.24. The number of rotatable bonds is 3. The fourth-order valence-electron chi connectivity index (χ4n) is 0.289. The molecule has 0 aromatic heterocycles. The summed E-state index contributed by atoms with van der Waals surface area (Å²) < 4.78 is 0. The van der Waals surface area contributed by atoms with Crippen LogP contribution in [0.2, 0.25) is 0 Å². The van der Waals surface area contributed by atoms with Crippen LogP contribution in [0.15, 0.2) is 18.4 Å². The van der Waals surface area contributed by atoms with E-state index >= 15 is 0 Å². The van der Waals surface area contributed by atoms with Crippen LogP contribution in [0.25, 0.3) is 0 Å². The SMILES string of the molecule is C#CCNCC=C=C. The van der Waals surface area contributed by atoms with Crippen molar-refractivity contribution < 1.29 is 0 Å². The summed E-state index contributed by atoms with van der Waals surface area (Å²) in [6.45, 7) is 4.75. The second-order valence-corrected chi connectivity index (χ2v) is 1.24. The van der Waals surface area contributed by atoms with Crippen LogP contribution in [0.3, 0.4) is 0 Å². The maximum Gasteiger partial charge on any atom is 0.0576 e. The molecule has 0 amide bonds. The van der Waals surface area contributed by atoms with E-state index in [-0.39, 0.29) is 0 Å². The lowest BCUT2D eigenvalue weighted by atomic mass is 10.5. The first-order valence-corrected chi connectivity index (χ1v) is 2.40. The average molecular weight is 107 g/mol. The molecule has 0 heterocycles. The van der Waals surface area contributed by atoms with E-state index < -0.39 is 0 Å². The first-order valence-electron chi connectivity index (χ1n) is 2.40.